The lowest BCUT2D eigenvalue weighted by Crippen LogP contribution is -2.56. The van der Waals surface area contributed by atoms with Crippen LogP contribution in [0.4, 0.5) is 17.1 Å². The molecule has 1 heterocycles. The third-order valence-corrected chi connectivity index (χ3v) is 4.24. The Hall–Kier alpha value is -3.19. The lowest BCUT2D eigenvalue weighted by Gasteiger charge is -2.25. The van der Waals surface area contributed by atoms with Gasteiger partial charge in [0.1, 0.15) is 0 Å². The predicted molar refractivity (Wildman–Crippen MR) is 99.0 cm³/mol. The maximum absolute atomic E-state index is 13.2. The first kappa shape index (κ1) is 17.6. The molecular weight excluding hydrogens is 332 g/mol. The fraction of sp³-hybridized carbons (Fsp3) is 0.211. The van der Waals surface area contributed by atoms with Crippen LogP contribution < -0.4 is 20.9 Å². The van der Waals surface area contributed by atoms with Gasteiger partial charge in [0.2, 0.25) is 5.91 Å². The lowest BCUT2D eigenvalue weighted by molar-refractivity contribution is -0.134. The van der Waals surface area contributed by atoms with E-state index in [-0.39, 0.29) is 0 Å². The van der Waals surface area contributed by atoms with E-state index in [1.807, 2.05) is 6.07 Å². The van der Waals surface area contributed by atoms with E-state index in [2.05, 4.69) is 5.32 Å². The number of carbonyl (C=O) groups is 3. The Morgan fingerprint density at radius 2 is 1.58 bits per heavy atom. The molecule has 0 spiro atoms. The second-order valence-electron chi connectivity index (χ2n) is 6.13. The molecule has 7 heteroatoms. The molecule has 3 rings (SSSR count). The summed E-state index contributed by atoms with van der Waals surface area (Å²) in [6.45, 7) is 1.49. The minimum Gasteiger partial charge on any atom is -0.335 e. The van der Waals surface area contributed by atoms with Crippen molar-refractivity contribution in [3.8, 4) is 0 Å². The number of nitrogens with zero attached hydrogens (tertiary/aromatic N) is 2. The average molecular weight is 352 g/mol. The number of carbonyl (C=O) groups excluding carboxylic acids is 3. The molecule has 1 unspecified atom stereocenters. The van der Waals surface area contributed by atoms with Gasteiger partial charge in [0.15, 0.2) is 6.04 Å². The highest BCUT2D eigenvalue weighted by molar-refractivity contribution is 6.23. The van der Waals surface area contributed by atoms with E-state index in [1.54, 1.807) is 55.6 Å². The van der Waals surface area contributed by atoms with Crippen LogP contribution in [0.1, 0.15) is 6.92 Å². The van der Waals surface area contributed by atoms with Crippen LogP contribution in [0, 0.1) is 0 Å². The van der Waals surface area contributed by atoms with Crippen LogP contribution in [0.5, 0.6) is 0 Å². The van der Waals surface area contributed by atoms with Crippen LogP contribution in [0.3, 0.4) is 0 Å². The summed E-state index contributed by atoms with van der Waals surface area (Å²) in [6.07, 6.45) is 0. The number of fused-ring (bicyclic) bond motifs is 1. The van der Waals surface area contributed by atoms with Crippen LogP contribution in [0.25, 0.3) is 0 Å². The van der Waals surface area contributed by atoms with Crippen molar-refractivity contribution in [3.63, 3.8) is 0 Å². The standard InChI is InChI=1S/C19H20N4O3/c1-12(20)17(24)21-16-18(25)22(2)14-10-6-7-11-15(14)23(19(16)26)13-8-4-3-5-9-13/h3-12,16H,20H2,1-2H3,(H,21,24)/t12-,16?/m0/s1. The van der Waals surface area contributed by atoms with Crippen LogP contribution in [0.15, 0.2) is 54.6 Å². The molecule has 2 aromatic carbocycles. The van der Waals surface area contributed by atoms with Gasteiger partial charge in [0, 0.05) is 12.7 Å². The number of nitrogens with one attached hydrogen (secondary N) is 1. The molecule has 0 aliphatic carbocycles. The first-order chi connectivity index (χ1) is 12.4. The van der Waals surface area contributed by atoms with Gasteiger partial charge in [-0.05, 0) is 31.2 Å². The van der Waals surface area contributed by atoms with Crippen molar-refractivity contribution < 1.29 is 14.4 Å². The van der Waals surface area contributed by atoms with Gasteiger partial charge >= 0.3 is 0 Å². The first-order valence-electron chi connectivity index (χ1n) is 8.23. The van der Waals surface area contributed by atoms with Crippen molar-refractivity contribution >= 4 is 34.8 Å². The van der Waals surface area contributed by atoms with E-state index < -0.39 is 29.8 Å². The number of hydrogen-bond acceptors (Lipinski definition) is 4. The zero-order valence-corrected chi connectivity index (χ0v) is 14.5. The second-order valence-corrected chi connectivity index (χ2v) is 6.13. The number of amides is 3. The van der Waals surface area contributed by atoms with Crippen molar-refractivity contribution in [2.45, 2.75) is 19.0 Å². The number of likely N-dealkylation sites (N-methyl/N-ethyl adjacent to an activating group) is 1. The molecule has 134 valence electrons. The zero-order chi connectivity index (χ0) is 18.8. The van der Waals surface area contributed by atoms with E-state index in [9.17, 15) is 14.4 Å². The van der Waals surface area contributed by atoms with Gasteiger partial charge in [-0.2, -0.15) is 0 Å². The van der Waals surface area contributed by atoms with E-state index in [0.717, 1.165) is 0 Å². The molecule has 2 atom stereocenters. The maximum Gasteiger partial charge on any atom is 0.264 e. The second kappa shape index (κ2) is 6.97. The Kier molecular flexibility index (Phi) is 4.73. The number of anilines is 3. The average Bonchev–Trinajstić information content (AvgIpc) is 2.72. The normalized spacial score (nSPS) is 18.2. The quantitative estimate of drug-likeness (QED) is 0.810. The molecule has 0 bridgehead atoms. The van der Waals surface area contributed by atoms with Crippen molar-refractivity contribution in [1.82, 2.24) is 5.32 Å². The highest BCUT2D eigenvalue weighted by Gasteiger charge is 2.40. The predicted octanol–water partition coefficient (Wildman–Crippen LogP) is 1.16. The summed E-state index contributed by atoms with van der Waals surface area (Å²) >= 11 is 0. The van der Waals surface area contributed by atoms with Crippen molar-refractivity contribution in [2.75, 3.05) is 16.8 Å². The Balaban J connectivity index is 2.14. The monoisotopic (exact) mass is 352 g/mol. The number of para-hydroxylation sites is 3. The third kappa shape index (κ3) is 3.04. The highest BCUT2D eigenvalue weighted by Crippen LogP contribution is 2.37. The fourth-order valence-electron chi connectivity index (χ4n) is 2.84. The maximum atomic E-state index is 13.2. The van der Waals surface area contributed by atoms with Gasteiger partial charge < -0.3 is 16.0 Å². The summed E-state index contributed by atoms with van der Waals surface area (Å²) in [5, 5.41) is 2.48. The number of benzene rings is 2. The lowest BCUT2D eigenvalue weighted by atomic mass is 10.1. The van der Waals surface area contributed by atoms with Gasteiger partial charge in [-0.3, -0.25) is 19.3 Å². The topological polar surface area (TPSA) is 95.7 Å². The van der Waals surface area contributed by atoms with Gasteiger partial charge in [0.25, 0.3) is 11.8 Å². The molecule has 7 nitrogen and oxygen atoms in total. The van der Waals surface area contributed by atoms with E-state index in [0.29, 0.717) is 17.1 Å². The molecule has 3 N–H and O–H groups in total. The summed E-state index contributed by atoms with van der Waals surface area (Å²) in [4.78, 5) is 41.0. The fourth-order valence-corrected chi connectivity index (χ4v) is 2.84. The summed E-state index contributed by atoms with van der Waals surface area (Å²) in [7, 11) is 1.58. The first-order valence-corrected chi connectivity index (χ1v) is 8.23. The van der Waals surface area contributed by atoms with Crippen LogP contribution in [-0.4, -0.2) is 36.9 Å². The Morgan fingerprint density at radius 1 is 1.00 bits per heavy atom. The van der Waals surface area contributed by atoms with Crippen LogP contribution in [-0.2, 0) is 14.4 Å². The largest absolute Gasteiger partial charge is 0.335 e. The summed E-state index contributed by atoms with van der Waals surface area (Å²) in [5.74, 6) is -1.62. The minimum atomic E-state index is -1.36. The van der Waals surface area contributed by atoms with Gasteiger partial charge in [0.05, 0.1) is 17.4 Å². The summed E-state index contributed by atoms with van der Waals surface area (Å²) in [6, 6.07) is 13.9. The molecule has 2 aromatic rings. The molecule has 0 aromatic heterocycles. The minimum absolute atomic E-state index is 0.519. The molecule has 0 radical (unpaired) electrons. The molecule has 0 saturated heterocycles. The molecule has 1 aliphatic rings. The van der Waals surface area contributed by atoms with Crippen molar-refractivity contribution in [3.05, 3.63) is 54.6 Å². The molecule has 0 fully saturated rings. The molecule has 26 heavy (non-hydrogen) atoms. The number of rotatable bonds is 3. The molecule has 0 saturated carbocycles. The van der Waals surface area contributed by atoms with Crippen LogP contribution in [0.2, 0.25) is 0 Å². The summed E-state index contributed by atoms with van der Waals surface area (Å²) < 4.78 is 0. The molecular formula is C19H20N4O3. The smallest absolute Gasteiger partial charge is 0.264 e. The van der Waals surface area contributed by atoms with E-state index >= 15 is 0 Å². The molecule has 1 aliphatic heterocycles. The van der Waals surface area contributed by atoms with Crippen LogP contribution >= 0.6 is 0 Å². The SMILES string of the molecule is C[C@H](N)C(=O)NC1C(=O)N(C)c2ccccc2N(c2ccccc2)C1=O. The summed E-state index contributed by atoms with van der Waals surface area (Å²) in [5.41, 5.74) is 7.33. The Labute approximate surface area is 151 Å². The highest BCUT2D eigenvalue weighted by atomic mass is 16.2. The van der Waals surface area contributed by atoms with Gasteiger partial charge in [-0.1, -0.05) is 30.3 Å². The molecule has 3 amide bonds. The number of hydrogen-bond donors (Lipinski definition) is 2. The van der Waals surface area contributed by atoms with Crippen molar-refractivity contribution in [1.29, 1.82) is 0 Å². The van der Waals surface area contributed by atoms with Gasteiger partial charge in [-0.15, -0.1) is 0 Å². The van der Waals surface area contributed by atoms with Crippen molar-refractivity contribution in [2.24, 2.45) is 5.73 Å². The van der Waals surface area contributed by atoms with E-state index in [4.69, 9.17) is 5.73 Å². The third-order valence-electron chi connectivity index (χ3n) is 4.24. The van der Waals surface area contributed by atoms with E-state index in [1.165, 1.54) is 16.7 Å². The Bertz CT molecular complexity index is 851. The Morgan fingerprint density at radius 3 is 2.19 bits per heavy atom. The zero-order valence-electron chi connectivity index (χ0n) is 14.5. The van der Waals surface area contributed by atoms with Gasteiger partial charge in [-0.25, -0.2) is 0 Å². The number of nitrogens with two attached hydrogens (primary N) is 1.